The lowest BCUT2D eigenvalue weighted by atomic mass is 10.0. The molecule has 8 N–H and O–H groups in total. The van der Waals surface area contributed by atoms with E-state index in [9.17, 15) is 40.9 Å². The number of rotatable bonds is 4. The molecule has 0 saturated carbocycles. The predicted octanol–water partition coefficient (Wildman–Crippen LogP) is -5.66. The van der Waals surface area contributed by atoms with Gasteiger partial charge >= 0.3 is 0 Å². The Morgan fingerprint density at radius 3 is 1.57 bits per heavy atom. The van der Waals surface area contributed by atoms with Crippen LogP contribution >= 0.6 is 0 Å². The van der Waals surface area contributed by atoms with Crippen molar-refractivity contribution in [2.24, 2.45) is 0 Å². The fourth-order valence-electron chi connectivity index (χ4n) is 3.15. The first-order valence-electron chi connectivity index (χ1n) is 8.81. The number of aliphatic hydroxyl groups is 8. The molecule has 0 spiro atoms. The maximum atomic E-state index is 10.3. The Hall–Kier alpha value is -0.520. The van der Waals surface area contributed by atoms with Gasteiger partial charge in [-0.05, 0) is 0 Å². The van der Waals surface area contributed by atoms with Crippen molar-refractivity contribution in [1.29, 1.82) is 0 Å². The summed E-state index contributed by atoms with van der Waals surface area (Å²) in [5, 5.41) is 78.3. The molecule has 0 amide bonds. The summed E-state index contributed by atoms with van der Waals surface area (Å²) in [5.74, 6) is 0. The Morgan fingerprint density at radius 1 is 0.500 bits per heavy atom. The summed E-state index contributed by atoms with van der Waals surface area (Å²) >= 11 is 0. The van der Waals surface area contributed by atoms with Crippen molar-refractivity contribution in [2.75, 3.05) is 19.8 Å². The Morgan fingerprint density at radius 2 is 0.964 bits per heavy atom. The van der Waals surface area contributed by atoms with Crippen LogP contribution in [0.4, 0.5) is 0 Å². The van der Waals surface area contributed by atoms with E-state index in [1.807, 2.05) is 0 Å². The molecule has 28 heavy (non-hydrogen) atoms. The van der Waals surface area contributed by atoms with Crippen molar-refractivity contribution in [3.8, 4) is 0 Å². The third-order valence-corrected chi connectivity index (χ3v) is 4.96. The quantitative estimate of drug-likeness (QED) is 0.216. The van der Waals surface area contributed by atoms with Crippen LogP contribution in [0.25, 0.3) is 0 Å². The summed E-state index contributed by atoms with van der Waals surface area (Å²) in [7, 11) is 0. The van der Waals surface area contributed by atoms with Gasteiger partial charge in [0, 0.05) is 0 Å². The average molecular weight is 414 g/mol. The van der Waals surface area contributed by atoms with Crippen LogP contribution in [0.1, 0.15) is 0 Å². The minimum absolute atomic E-state index is 0.287. The van der Waals surface area contributed by atoms with Crippen molar-refractivity contribution in [3.05, 3.63) is 0 Å². The van der Waals surface area contributed by atoms with Gasteiger partial charge in [0.15, 0.2) is 18.9 Å². The summed E-state index contributed by atoms with van der Waals surface area (Å²) in [6.07, 6.45) is -17.3. The Kier molecular flexibility index (Phi) is 7.20. The summed E-state index contributed by atoms with van der Waals surface area (Å²) in [4.78, 5) is 0. The number of aliphatic hydroxyl groups excluding tert-OH is 8. The maximum Gasteiger partial charge on any atom is 0.186 e. The largest absolute Gasteiger partial charge is 0.388 e. The smallest absolute Gasteiger partial charge is 0.186 e. The molecule has 0 aromatic heterocycles. The maximum absolute atomic E-state index is 10.3. The van der Waals surface area contributed by atoms with Crippen LogP contribution in [0.15, 0.2) is 0 Å². The van der Waals surface area contributed by atoms with Gasteiger partial charge in [0.1, 0.15) is 54.9 Å². The van der Waals surface area contributed by atoms with Gasteiger partial charge in [-0.3, -0.25) is 0 Å². The van der Waals surface area contributed by atoms with Crippen molar-refractivity contribution >= 4 is 0 Å². The van der Waals surface area contributed by atoms with Crippen LogP contribution in [0, 0.1) is 0 Å². The van der Waals surface area contributed by atoms with Gasteiger partial charge in [0.2, 0.25) is 0 Å². The molecule has 3 aliphatic heterocycles. The molecule has 164 valence electrons. The zero-order valence-corrected chi connectivity index (χ0v) is 14.7. The molecule has 3 saturated heterocycles. The van der Waals surface area contributed by atoms with Gasteiger partial charge in [-0.1, -0.05) is 0 Å². The number of hydrogen-bond acceptors (Lipinski definition) is 13. The van der Waals surface area contributed by atoms with E-state index in [1.54, 1.807) is 0 Å². The van der Waals surface area contributed by atoms with E-state index in [1.165, 1.54) is 0 Å². The first-order valence-corrected chi connectivity index (χ1v) is 8.81. The van der Waals surface area contributed by atoms with Crippen LogP contribution in [0.2, 0.25) is 0 Å². The van der Waals surface area contributed by atoms with Gasteiger partial charge < -0.3 is 64.5 Å². The zero-order valence-electron chi connectivity index (χ0n) is 14.7. The average Bonchev–Trinajstić information content (AvgIpc) is 2.68. The number of ether oxygens (including phenoxy) is 5. The van der Waals surface area contributed by atoms with Crippen LogP contribution < -0.4 is 0 Å². The second-order valence-corrected chi connectivity index (χ2v) is 6.99. The molecule has 3 heterocycles. The van der Waals surface area contributed by atoms with Gasteiger partial charge in [-0.15, -0.1) is 0 Å². The summed E-state index contributed by atoms with van der Waals surface area (Å²) < 4.78 is 25.9. The van der Waals surface area contributed by atoms with Crippen LogP contribution in [-0.2, 0) is 23.7 Å². The van der Waals surface area contributed by atoms with Gasteiger partial charge in [-0.2, -0.15) is 0 Å². The minimum atomic E-state index is -1.63. The van der Waals surface area contributed by atoms with Crippen molar-refractivity contribution in [3.63, 3.8) is 0 Å². The Balaban J connectivity index is 1.54. The SMILES string of the molecule is O[C@@H]1[C@H](O[C@@H]2CO[C@@H](O)[C@H](O)[C@H]2O)OC[C@@H](O[C@@H]2OC[C@@H](O)[C@H](O)[C@H]2O)[C@@H]1O. The van der Waals surface area contributed by atoms with Gasteiger partial charge in [0.05, 0.1) is 19.8 Å². The standard InChI is InChI=1S/C15H26O13/c16-4-1-25-14(11(21)7(4)17)28-6-3-26-15(12(22)9(6)19)27-5-2-24-13(23)10(20)8(5)18/h4-23H,1-3H2/t4-,5-,6-,7+,8+,9+,10-,11-,12+,13-,14+,15+/m1/s1. The zero-order chi connectivity index (χ0) is 20.6. The van der Waals surface area contributed by atoms with E-state index in [0.29, 0.717) is 0 Å². The van der Waals surface area contributed by atoms with E-state index >= 15 is 0 Å². The molecule has 3 rings (SSSR count). The highest BCUT2D eigenvalue weighted by molar-refractivity contribution is 4.89. The molecule has 12 atom stereocenters. The normalized spacial score (nSPS) is 53.1. The third-order valence-electron chi connectivity index (χ3n) is 4.96. The molecule has 13 nitrogen and oxygen atoms in total. The third kappa shape index (κ3) is 4.46. The lowest BCUT2D eigenvalue weighted by molar-refractivity contribution is -0.346. The molecule has 0 radical (unpaired) electrons. The second-order valence-electron chi connectivity index (χ2n) is 6.99. The molecule has 3 fully saturated rings. The van der Waals surface area contributed by atoms with Crippen molar-refractivity contribution in [2.45, 2.75) is 73.8 Å². The molecule has 13 heteroatoms. The Bertz CT molecular complexity index is 464. The summed E-state index contributed by atoms with van der Waals surface area (Å²) in [6, 6.07) is 0. The predicted molar refractivity (Wildman–Crippen MR) is 83.2 cm³/mol. The van der Waals surface area contributed by atoms with Crippen molar-refractivity contribution in [1.82, 2.24) is 0 Å². The fourth-order valence-corrected chi connectivity index (χ4v) is 3.15. The van der Waals surface area contributed by atoms with Crippen molar-refractivity contribution < 1.29 is 64.5 Å². The van der Waals surface area contributed by atoms with E-state index in [2.05, 4.69) is 0 Å². The van der Waals surface area contributed by atoms with Crippen LogP contribution in [0.5, 0.6) is 0 Å². The molecule has 0 aromatic carbocycles. The van der Waals surface area contributed by atoms with E-state index < -0.39 is 73.8 Å². The molecule has 0 aliphatic carbocycles. The molecular formula is C15H26O13. The highest BCUT2D eigenvalue weighted by Crippen LogP contribution is 2.26. The van der Waals surface area contributed by atoms with E-state index in [-0.39, 0.29) is 19.8 Å². The summed E-state index contributed by atoms with van der Waals surface area (Å²) in [5.41, 5.74) is 0. The highest BCUT2D eigenvalue weighted by Gasteiger charge is 2.47. The topological polar surface area (TPSA) is 208 Å². The fraction of sp³-hybridized carbons (Fsp3) is 1.00. The lowest BCUT2D eigenvalue weighted by Gasteiger charge is -2.43. The van der Waals surface area contributed by atoms with Gasteiger partial charge in [-0.25, -0.2) is 0 Å². The molecule has 3 aliphatic rings. The molecule has 0 aromatic rings. The Labute approximate surface area is 159 Å². The molecular weight excluding hydrogens is 388 g/mol. The van der Waals surface area contributed by atoms with E-state index in [0.717, 1.165) is 0 Å². The number of hydrogen-bond donors (Lipinski definition) is 8. The first-order chi connectivity index (χ1) is 13.2. The molecule has 0 bridgehead atoms. The first kappa shape index (κ1) is 22.2. The van der Waals surface area contributed by atoms with E-state index in [4.69, 9.17) is 23.7 Å². The summed E-state index contributed by atoms with van der Waals surface area (Å²) in [6.45, 7) is -0.887. The van der Waals surface area contributed by atoms with Crippen LogP contribution in [-0.4, -0.2) is 134 Å². The molecule has 0 unspecified atom stereocenters. The van der Waals surface area contributed by atoms with Gasteiger partial charge in [0.25, 0.3) is 0 Å². The van der Waals surface area contributed by atoms with Crippen LogP contribution in [0.3, 0.4) is 0 Å². The monoisotopic (exact) mass is 414 g/mol. The highest BCUT2D eigenvalue weighted by atomic mass is 16.7. The minimum Gasteiger partial charge on any atom is -0.388 e. The lowest BCUT2D eigenvalue weighted by Crippen LogP contribution is -2.61. The second kappa shape index (κ2) is 9.09.